The average Bonchev–Trinajstić information content (AvgIpc) is 2.98. The molecule has 1 aliphatic heterocycles. The molecule has 3 rings (SSSR count). The van der Waals surface area contributed by atoms with Crippen LogP contribution < -0.4 is 4.74 Å². The number of amides is 3. The SMILES string of the molecule is Cc1ccc(CN2C(=O)C(CCCc3ccc(OC(C)(C)C(=O)OC(C)(C)C)cc3)N(C)C2=O)cc1. The van der Waals surface area contributed by atoms with Crippen molar-refractivity contribution in [3.63, 3.8) is 0 Å². The first kappa shape index (κ1) is 27.2. The van der Waals surface area contributed by atoms with Gasteiger partial charge in [0, 0.05) is 7.05 Å². The molecule has 7 nitrogen and oxygen atoms in total. The number of imide groups is 1. The van der Waals surface area contributed by atoms with Crippen LogP contribution in [0.5, 0.6) is 5.75 Å². The van der Waals surface area contributed by atoms with Crippen molar-refractivity contribution in [1.82, 2.24) is 9.80 Å². The second kappa shape index (κ2) is 10.7. The van der Waals surface area contributed by atoms with Crippen molar-refractivity contribution in [2.75, 3.05) is 7.05 Å². The van der Waals surface area contributed by atoms with Gasteiger partial charge >= 0.3 is 12.0 Å². The first-order chi connectivity index (χ1) is 16.8. The Balaban J connectivity index is 1.52. The molecule has 0 radical (unpaired) electrons. The van der Waals surface area contributed by atoms with Gasteiger partial charge in [-0.2, -0.15) is 0 Å². The lowest BCUT2D eigenvalue weighted by atomic mass is 10.0. The number of aryl methyl sites for hydroxylation is 2. The molecule has 2 aromatic carbocycles. The minimum Gasteiger partial charge on any atom is -0.476 e. The fourth-order valence-corrected chi connectivity index (χ4v) is 4.06. The van der Waals surface area contributed by atoms with Gasteiger partial charge in [-0.05, 0) is 84.1 Å². The molecule has 0 N–H and O–H groups in total. The molecule has 0 aliphatic carbocycles. The Morgan fingerprint density at radius 2 is 1.50 bits per heavy atom. The van der Waals surface area contributed by atoms with Crippen molar-refractivity contribution in [2.24, 2.45) is 0 Å². The number of rotatable bonds is 9. The van der Waals surface area contributed by atoms with E-state index in [1.807, 2.05) is 76.2 Å². The molecule has 1 saturated heterocycles. The first-order valence-electron chi connectivity index (χ1n) is 12.4. The third kappa shape index (κ3) is 6.86. The number of hydrogen-bond acceptors (Lipinski definition) is 5. The quantitative estimate of drug-likeness (QED) is 0.350. The van der Waals surface area contributed by atoms with E-state index in [-0.39, 0.29) is 11.9 Å². The zero-order valence-corrected chi connectivity index (χ0v) is 22.5. The maximum atomic E-state index is 13.0. The lowest BCUT2D eigenvalue weighted by molar-refractivity contribution is -0.170. The standard InChI is InChI=1S/C29H38N2O5/c1-20-11-13-22(14-12-20)19-31-25(32)24(30(7)27(31)34)10-8-9-21-15-17-23(18-16-21)35-29(5,6)26(33)36-28(2,3)4/h11-18,24H,8-10,19H2,1-7H3. The number of carbonyl (C=O) groups is 3. The van der Waals surface area contributed by atoms with Crippen LogP contribution in [0, 0.1) is 6.92 Å². The number of ether oxygens (including phenoxy) is 2. The van der Waals surface area contributed by atoms with Gasteiger partial charge in [0.25, 0.3) is 5.91 Å². The monoisotopic (exact) mass is 494 g/mol. The van der Waals surface area contributed by atoms with Crippen LogP contribution >= 0.6 is 0 Å². The first-order valence-corrected chi connectivity index (χ1v) is 12.4. The Hall–Kier alpha value is -3.35. The van der Waals surface area contributed by atoms with Crippen LogP contribution in [0.4, 0.5) is 4.79 Å². The van der Waals surface area contributed by atoms with Crippen LogP contribution in [0.2, 0.25) is 0 Å². The van der Waals surface area contributed by atoms with Gasteiger partial charge in [-0.15, -0.1) is 0 Å². The van der Waals surface area contributed by atoms with E-state index in [1.54, 1.807) is 25.8 Å². The Morgan fingerprint density at radius 1 is 0.917 bits per heavy atom. The molecule has 0 aromatic heterocycles. The molecule has 0 saturated carbocycles. The summed E-state index contributed by atoms with van der Waals surface area (Å²) in [6, 6.07) is 14.7. The van der Waals surface area contributed by atoms with Crippen molar-refractivity contribution in [2.45, 2.75) is 84.6 Å². The summed E-state index contributed by atoms with van der Waals surface area (Å²) < 4.78 is 11.3. The number of benzene rings is 2. The van der Waals surface area contributed by atoms with Crippen LogP contribution in [0.3, 0.4) is 0 Å². The molecule has 0 bridgehead atoms. The summed E-state index contributed by atoms with van der Waals surface area (Å²) in [5, 5.41) is 0. The van der Waals surface area contributed by atoms with E-state index in [9.17, 15) is 14.4 Å². The van der Waals surface area contributed by atoms with Crippen LogP contribution in [0.15, 0.2) is 48.5 Å². The summed E-state index contributed by atoms with van der Waals surface area (Å²) in [6.45, 7) is 11.1. The molecule has 1 unspecified atom stereocenters. The number of esters is 1. The summed E-state index contributed by atoms with van der Waals surface area (Å²) in [7, 11) is 1.69. The Labute approximate surface area is 214 Å². The molecule has 0 spiro atoms. The zero-order valence-electron chi connectivity index (χ0n) is 22.5. The number of nitrogens with zero attached hydrogens (tertiary/aromatic N) is 2. The fraction of sp³-hybridized carbons (Fsp3) is 0.483. The maximum Gasteiger partial charge on any atom is 0.350 e. The second-order valence-corrected chi connectivity index (χ2v) is 11.0. The molecule has 1 fully saturated rings. The van der Waals surface area contributed by atoms with Crippen molar-refractivity contribution < 1.29 is 23.9 Å². The van der Waals surface area contributed by atoms with E-state index in [1.165, 1.54) is 4.90 Å². The predicted octanol–water partition coefficient (Wildman–Crippen LogP) is 5.28. The number of hydrogen-bond donors (Lipinski definition) is 0. The van der Waals surface area contributed by atoms with Crippen molar-refractivity contribution in [3.8, 4) is 5.75 Å². The Bertz CT molecular complexity index is 1080. The van der Waals surface area contributed by atoms with Gasteiger partial charge in [-0.3, -0.25) is 9.69 Å². The van der Waals surface area contributed by atoms with Gasteiger partial charge in [0.2, 0.25) is 0 Å². The normalized spacial score (nSPS) is 16.5. The number of likely N-dealkylation sites (N-methyl/N-ethyl adjacent to an activating group) is 1. The largest absolute Gasteiger partial charge is 0.476 e. The molecule has 7 heteroatoms. The van der Waals surface area contributed by atoms with Gasteiger partial charge in [0.05, 0.1) is 6.54 Å². The summed E-state index contributed by atoms with van der Waals surface area (Å²) in [6.07, 6.45) is 2.12. The maximum absolute atomic E-state index is 13.0. The van der Waals surface area contributed by atoms with Crippen LogP contribution in [-0.2, 0) is 27.3 Å². The van der Waals surface area contributed by atoms with E-state index >= 15 is 0 Å². The fourth-order valence-electron chi connectivity index (χ4n) is 4.06. The highest BCUT2D eigenvalue weighted by atomic mass is 16.6. The summed E-state index contributed by atoms with van der Waals surface area (Å²) >= 11 is 0. The zero-order chi connectivity index (χ0) is 26.7. The molecule has 3 amide bonds. The van der Waals surface area contributed by atoms with E-state index < -0.39 is 23.2 Å². The van der Waals surface area contributed by atoms with Crippen LogP contribution in [-0.4, -0.2) is 52.0 Å². The van der Waals surface area contributed by atoms with E-state index in [4.69, 9.17) is 9.47 Å². The summed E-state index contributed by atoms with van der Waals surface area (Å²) in [4.78, 5) is 41.0. The topological polar surface area (TPSA) is 76.2 Å². The molecule has 36 heavy (non-hydrogen) atoms. The van der Waals surface area contributed by atoms with Gasteiger partial charge in [-0.1, -0.05) is 42.0 Å². The Morgan fingerprint density at radius 3 is 2.08 bits per heavy atom. The molecule has 194 valence electrons. The molecule has 1 heterocycles. The van der Waals surface area contributed by atoms with Crippen molar-refractivity contribution in [3.05, 3.63) is 65.2 Å². The van der Waals surface area contributed by atoms with Crippen LogP contribution in [0.25, 0.3) is 0 Å². The van der Waals surface area contributed by atoms with Crippen molar-refractivity contribution in [1.29, 1.82) is 0 Å². The highest BCUT2D eigenvalue weighted by molar-refractivity contribution is 6.03. The van der Waals surface area contributed by atoms with Gasteiger partial charge in [0.1, 0.15) is 17.4 Å². The predicted molar refractivity (Wildman–Crippen MR) is 139 cm³/mol. The number of urea groups is 1. The minimum atomic E-state index is -1.11. The minimum absolute atomic E-state index is 0.142. The van der Waals surface area contributed by atoms with Gasteiger partial charge < -0.3 is 14.4 Å². The lowest BCUT2D eigenvalue weighted by Gasteiger charge is -2.29. The third-order valence-corrected chi connectivity index (χ3v) is 6.14. The van der Waals surface area contributed by atoms with Gasteiger partial charge in [-0.25, -0.2) is 9.59 Å². The van der Waals surface area contributed by atoms with Gasteiger partial charge in [0.15, 0.2) is 5.60 Å². The molecule has 1 atom stereocenters. The van der Waals surface area contributed by atoms with Crippen LogP contribution in [0.1, 0.15) is 64.2 Å². The smallest absolute Gasteiger partial charge is 0.350 e. The summed E-state index contributed by atoms with van der Waals surface area (Å²) in [5.41, 5.74) is 1.47. The van der Waals surface area contributed by atoms with E-state index in [2.05, 4.69) is 0 Å². The van der Waals surface area contributed by atoms with E-state index in [0.29, 0.717) is 18.7 Å². The molecular formula is C29H38N2O5. The Kier molecular flexibility index (Phi) is 8.12. The van der Waals surface area contributed by atoms with E-state index in [0.717, 1.165) is 29.5 Å². The van der Waals surface area contributed by atoms with Crippen molar-refractivity contribution >= 4 is 17.9 Å². The molecular weight excluding hydrogens is 456 g/mol. The lowest BCUT2D eigenvalue weighted by Crippen LogP contribution is -2.43. The highest BCUT2D eigenvalue weighted by Gasteiger charge is 2.42. The highest BCUT2D eigenvalue weighted by Crippen LogP contribution is 2.25. The number of carbonyl (C=O) groups excluding carboxylic acids is 3. The third-order valence-electron chi connectivity index (χ3n) is 6.14. The second-order valence-electron chi connectivity index (χ2n) is 11.0. The molecule has 1 aliphatic rings. The average molecular weight is 495 g/mol. The molecule has 2 aromatic rings. The summed E-state index contributed by atoms with van der Waals surface area (Å²) in [5.74, 6) is 0.0178.